The highest BCUT2D eigenvalue weighted by Crippen LogP contribution is 2.27. The van der Waals surface area contributed by atoms with Crippen molar-refractivity contribution in [3.8, 4) is 0 Å². The van der Waals surface area contributed by atoms with Gasteiger partial charge >= 0.3 is 0 Å². The Hall–Kier alpha value is -0.240. The molecule has 0 aromatic carbocycles. The van der Waals surface area contributed by atoms with E-state index in [0.717, 1.165) is 17.7 Å². The number of thioether (sulfide) groups is 1. The van der Waals surface area contributed by atoms with Crippen LogP contribution in [0.25, 0.3) is 0 Å². The molecular weight excluding hydrogens is 135 g/mol. The summed E-state index contributed by atoms with van der Waals surface area (Å²) in [5.74, 6) is -0.0475. The molecule has 0 atom stereocenters. The highest BCUT2D eigenvalue weighted by atomic mass is 32.2. The number of rotatable bonds is 1. The fraction of sp³-hybridized carbons (Fsp3) is 0.429. The summed E-state index contributed by atoms with van der Waals surface area (Å²) in [4.78, 5) is 0.887. The smallest absolute Gasteiger partial charge is 0.132 e. The first-order chi connectivity index (χ1) is 4.34. The third-order valence-electron chi connectivity index (χ3n) is 1.32. The number of allylic oxidation sites excluding steroid dienone is 4. The summed E-state index contributed by atoms with van der Waals surface area (Å²) in [6.45, 7) is 0. The van der Waals surface area contributed by atoms with E-state index in [2.05, 4.69) is 0 Å². The lowest BCUT2D eigenvalue weighted by Gasteiger charge is -2.05. The maximum Gasteiger partial charge on any atom is 0.132 e. The third-order valence-corrected chi connectivity index (χ3v) is 2.21. The molecule has 1 aliphatic rings. The number of halogens is 1. The molecule has 0 aromatic heterocycles. The highest BCUT2D eigenvalue weighted by Gasteiger charge is 2.04. The molecule has 0 amide bonds. The first kappa shape index (κ1) is 6.87. The van der Waals surface area contributed by atoms with E-state index < -0.39 is 0 Å². The fourth-order valence-electron chi connectivity index (χ4n) is 0.813. The minimum atomic E-state index is -0.0475. The molecule has 0 nitrogen and oxygen atoms in total. The summed E-state index contributed by atoms with van der Waals surface area (Å²) in [6, 6.07) is 0. The predicted molar refractivity (Wildman–Crippen MR) is 40.0 cm³/mol. The molecule has 1 aliphatic carbocycles. The first-order valence-electron chi connectivity index (χ1n) is 2.94. The summed E-state index contributed by atoms with van der Waals surface area (Å²) in [5, 5.41) is 0. The molecule has 1 rings (SSSR count). The van der Waals surface area contributed by atoms with E-state index in [1.165, 1.54) is 11.8 Å². The largest absolute Gasteiger partial charge is 0.206 e. The summed E-state index contributed by atoms with van der Waals surface area (Å²) >= 11 is 1.51. The first-order valence-corrected chi connectivity index (χ1v) is 4.16. The van der Waals surface area contributed by atoms with Crippen molar-refractivity contribution in [3.05, 3.63) is 22.9 Å². The van der Waals surface area contributed by atoms with Gasteiger partial charge in [-0.25, -0.2) is 4.39 Å². The van der Waals surface area contributed by atoms with Crippen molar-refractivity contribution < 1.29 is 4.39 Å². The Bertz CT molecular complexity index is 158. The van der Waals surface area contributed by atoms with Gasteiger partial charge in [-0.3, -0.25) is 0 Å². The van der Waals surface area contributed by atoms with E-state index in [1.54, 1.807) is 6.08 Å². The van der Waals surface area contributed by atoms with E-state index in [4.69, 9.17) is 0 Å². The zero-order chi connectivity index (χ0) is 6.69. The number of hydrogen-bond donors (Lipinski definition) is 0. The van der Waals surface area contributed by atoms with Crippen LogP contribution in [0.4, 0.5) is 4.39 Å². The van der Waals surface area contributed by atoms with E-state index in [9.17, 15) is 4.39 Å². The summed E-state index contributed by atoms with van der Waals surface area (Å²) in [6.07, 6.45) is 7.20. The molecule has 0 heterocycles. The normalized spacial score (nSPS) is 18.9. The minimum Gasteiger partial charge on any atom is -0.206 e. The molecule has 50 valence electrons. The van der Waals surface area contributed by atoms with Crippen LogP contribution in [0, 0.1) is 0 Å². The van der Waals surface area contributed by atoms with Crippen LogP contribution in [0.1, 0.15) is 12.8 Å². The summed E-state index contributed by atoms with van der Waals surface area (Å²) in [7, 11) is 0. The SMILES string of the molecule is CSC1=C(F)C=CCC1. The average molecular weight is 144 g/mol. The number of hydrogen-bond acceptors (Lipinski definition) is 1. The minimum absolute atomic E-state index is 0.0475. The molecule has 0 aliphatic heterocycles. The maximum atomic E-state index is 12.6. The average Bonchev–Trinajstić information content (AvgIpc) is 1.89. The Morgan fingerprint density at radius 3 is 2.89 bits per heavy atom. The van der Waals surface area contributed by atoms with Gasteiger partial charge in [0.05, 0.1) is 0 Å². The van der Waals surface area contributed by atoms with Crippen LogP contribution in [0.2, 0.25) is 0 Å². The van der Waals surface area contributed by atoms with Crippen LogP contribution in [0.3, 0.4) is 0 Å². The third kappa shape index (κ3) is 1.58. The molecule has 0 radical (unpaired) electrons. The molecule has 0 N–H and O–H groups in total. The van der Waals surface area contributed by atoms with E-state index in [1.807, 2.05) is 12.3 Å². The molecule has 2 heteroatoms. The zero-order valence-electron chi connectivity index (χ0n) is 5.36. The lowest BCUT2D eigenvalue weighted by atomic mass is 10.2. The van der Waals surface area contributed by atoms with Gasteiger partial charge in [0, 0.05) is 4.91 Å². The molecule has 0 bridgehead atoms. The van der Waals surface area contributed by atoms with Crippen LogP contribution < -0.4 is 0 Å². The van der Waals surface area contributed by atoms with Crippen molar-refractivity contribution >= 4 is 11.8 Å². The van der Waals surface area contributed by atoms with Gasteiger partial charge < -0.3 is 0 Å². The molecule has 0 fully saturated rings. The monoisotopic (exact) mass is 144 g/mol. The lowest BCUT2D eigenvalue weighted by Crippen LogP contribution is -1.85. The summed E-state index contributed by atoms with van der Waals surface area (Å²) in [5.41, 5.74) is 0. The van der Waals surface area contributed by atoms with Gasteiger partial charge in [0.25, 0.3) is 0 Å². The zero-order valence-corrected chi connectivity index (χ0v) is 6.17. The Morgan fingerprint density at radius 2 is 2.44 bits per heavy atom. The van der Waals surface area contributed by atoms with Crippen molar-refractivity contribution in [1.29, 1.82) is 0 Å². The van der Waals surface area contributed by atoms with Crippen LogP contribution in [-0.2, 0) is 0 Å². The Balaban J connectivity index is 2.72. The van der Waals surface area contributed by atoms with Crippen molar-refractivity contribution in [2.75, 3.05) is 6.26 Å². The van der Waals surface area contributed by atoms with Gasteiger partial charge in [-0.15, -0.1) is 11.8 Å². The summed E-state index contributed by atoms with van der Waals surface area (Å²) < 4.78 is 12.6. The molecule has 0 spiro atoms. The Morgan fingerprint density at radius 1 is 1.67 bits per heavy atom. The fourth-order valence-corrected chi connectivity index (χ4v) is 1.40. The molecule has 9 heavy (non-hydrogen) atoms. The Kier molecular flexibility index (Phi) is 2.34. The molecule has 0 saturated carbocycles. The van der Waals surface area contributed by atoms with E-state index >= 15 is 0 Å². The van der Waals surface area contributed by atoms with Crippen molar-refractivity contribution in [2.24, 2.45) is 0 Å². The second-order valence-corrected chi connectivity index (χ2v) is 2.82. The molecule has 0 aromatic rings. The van der Waals surface area contributed by atoms with Crippen LogP contribution >= 0.6 is 11.8 Å². The highest BCUT2D eigenvalue weighted by molar-refractivity contribution is 8.02. The van der Waals surface area contributed by atoms with Crippen LogP contribution in [0.15, 0.2) is 22.9 Å². The van der Waals surface area contributed by atoms with Crippen LogP contribution in [0.5, 0.6) is 0 Å². The van der Waals surface area contributed by atoms with Gasteiger partial charge in [0.2, 0.25) is 0 Å². The van der Waals surface area contributed by atoms with Gasteiger partial charge in [0.15, 0.2) is 0 Å². The van der Waals surface area contributed by atoms with Crippen molar-refractivity contribution in [2.45, 2.75) is 12.8 Å². The Labute approximate surface area is 58.8 Å². The van der Waals surface area contributed by atoms with Gasteiger partial charge in [-0.1, -0.05) is 6.08 Å². The second-order valence-electron chi connectivity index (χ2n) is 1.92. The van der Waals surface area contributed by atoms with E-state index in [-0.39, 0.29) is 5.83 Å². The van der Waals surface area contributed by atoms with Gasteiger partial charge in [0.1, 0.15) is 5.83 Å². The molecular formula is C7H9FS. The molecule has 0 unspecified atom stereocenters. The second kappa shape index (κ2) is 3.06. The van der Waals surface area contributed by atoms with Crippen molar-refractivity contribution in [1.82, 2.24) is 0 Å². The van der Waals surface area contributed by atoms with Crippen molar-refractivity contribution in [3.63, 3.8) is 0 Å². The lowest BCUT2D eigenvalue weighted by molar-refractivity contribution is 0.649. The standard InChI is InChI=1S/C7H9FS/c1-9-7-5-3-2-4-6(7)8/h2,4H,3,5H2,1H3. The van der Waals surface area contributed by atoms with E-state index in [0.29, 0.717) is 0 Å². The van der Waals surface area contributed by atoms with Gasteiger partial charge in [-0.05, 0) is 25.2 Å². The quantitative estimate of drug-likeness (QED) is 0.545. The molecule has 0 saturated heterocycles. The maximum absolute atomic E-state index is 12.6. The predicted octanol–water partition coefficient (Wildman–Crippen LogP) is 2.88. The van der Waals surface area contributed by atoms with Crippen LogP contribution in [-0.4, -0.2) is 6.26 Å². The topological polar surface area (TPSA) is 0 Å². The van der Waals surface area contributed by atoms with Gasteiger partial charge in [-0.2, -0.15) is 0 Å².